The summed E-state index contributed by atoms with van der Waals surface area (Å²) in [4.78, 5) is 50.3. The second-order valence-electron chi connectivity index (χ2n) is 19.0. The van der Waals surface area contributed by atoms with Crippen molar-refractivity contribution < 1.29 is 23.9 Å². The lowest BCUT2D eigenvalue weighted by molar-refractivity contribution is 0.0635. The average molecular weight is 902 g/mol. The van der Waals surface area contributed by atoms with E-state index in [9.17, 15) is 19.2 Å². The van der Waals surface area contributed by atoms with Gasteiger partial charge in [0.05, 0.1) is 5.69 Å². The third-order valence-electron chi connectivity index (χ3n) is 14.2. The van der Waals surface area contributed by atoms with Gasteiger partial charge in [0.1, 0.15) is 5.60 Å². The fraction of sp³-hybridized carbons (Fsp3) is 0.404. The van der Waals surface area contributed by atoms with Crippen molar-refractivity contribution in [2.45, 2.75) is 158 Å². The number of hydrogen-bond donors (Lipinski definition) is 2. The summed E-state index contributed by atoms with van der Waals surface area (Å²) in [6.07, 6.45) is -0.574. The highest BCUT2D eigenvalue weighted by molar-refractivity contribution is 6.68. The van der Waals surface area contributed by atoms with Gasteiger partial charge in [0.15, 0.2) is 11.6 Å². The molecule has 0 atom stereocenters. The van der Waals surface area contributed by atoms with Crippen LogP contribution in [0.3, 0.4) is 0 Å². The standard InChI is InChI=1S/C24H31NO3.C21H27NO.C12H15ClO/c1-13-10-11-20(25-23(27)28-24(7,8)9)19(12-13)22(26)21-17(5)15(3)14(2)16(4)18(21)6;1-10-9-18(20(22)17(8)11(10)2)21(23)19-15(6)13(4)12(3)14(5)16(19)7;1-6-7(2)9(4)11(12(13)14)10(5)8(6)3/h10-12H,1-9H3,(H,25,27);9H,22H2,1-8H3;1-5H3. The van der Waals surface area contributed by atoms with Gasteiger partial charge in [-0.2, -0.15) is 0 Å². The van der Waals surface area contributed by atoms with E-state index < -0.39 is 11.7 Å². The third kappa shape index (κ3) is 11.3. The van der Waals surface area contributed by atoms with Crippen molar-refractivity contribution in [1.29, 1.82) is 0 Å². The summed E-state index contributed by atoms with van der Waals surface area (Å²) in [6.45, 7) is 43.9. The molecule has 0 radical (unpaired) electrons. The molecule has 348 valence electrons. The zero-order valence-corrected chi connectivity index (χ0v) is 44.1. The van der Waals surface area contributed by atoms with E-state index in [-0.39, 0.29) is 16.8 Å². The number of ether oxygens (including phenoxy) is 1. The summed E-state index contributed by atoms with van der Waals surface area (Å²) in [6, 6.07) is 7.38. The molecule has 0 bridgehead atoms. The van der Waals surface area contributed by atoms with Gasteiger partial charge in [-0.05, 0) is 282 Å². The van der Waals surface area contributed by atoms with Crippen LogP contribution in [-0.2, 0) is 4.74 Å². The Balaban J connectivity index is 0.000000273. The van der Waals surface area contributed by atoms with Crippen LogP contribution in [0.1, 0.15) is 169 Å². The highest BCUT2D eigenvalue weighted by Gasteiger charge is 2.25. The first kappa shape index (κ1) is 53.8. The maximum Gasteiger partial charge on any atom is 0.412 e. The molecule has 0 aliphatic heterocycles. The molecule has 7 nitrogen and oxygen atoms in total. The molecule has 0 saturated carbocycles. The fourth-order valence-corrected chi connectivity index (χ4v) is 8.69. The molecule has 0 saturated heterocycles. The molecule has 0 heterocycles. The minimum Gasteiger partial charge on any atom is -0.444 e. The highest BCUT2D eigenvalue weighted by Crippen LogP contribution is 2.33. The molecule has 5 aromatic carbocycles. The number of amides is 1. The summed E-state index contributed by atoms with van der Waals surface area (Å²) in [5, 5.41) is 2.39. The molecule has 0 fully saturated rings. The van der Waals surface area contributed by atoms with Gasteiger partial charge in [-0.25, -0.2) is 4.79 Å². The summed E-state index contributed by atoms with van der Waals surface area (Å²) in [7, 11) is 0. The van der Waals surface area contributed by atoms with Crippen LogP contribution in [0.15, 0.2) is 24.3 Å². The van der Waals surface area contributed by atoms with Gasteiger partial charge in [-0.1, -0.05) is 11.6 Å². The third-order valence-corrected chi connectivity index (χ3v) is 14.3. The first-order chi connectivity index (χ1) is 29.8. The van der Waals surface area contributed by atoms with Gasteiger partial charge >= 0.3 is 6.09 Å². The number of aryl methyl sites for hydroxylation is 2. The van der Waals surface area contributed by atoms with E-state index in [0.29, 0.717) is 33.6 Å². The molecule has 0 aliphatic carbocycles. The molecule has 5 aromatic rings. The smallest absolute Gasteiger partial charge is 0.412 e. The zero-order chi connectivity index (χ0) is 50.1. The van der Waals surface area contributed by atoms with Crippen molar-refractivity contribution in [1.82, 2.24) is 0 Å². The molecule has 8 heteroatoms. The van der Waals surface area contributed by atoms with Crippen LogP contribution < -0.4 is 11.1 Å². The van der Waals surface area contributed by atoms with Crippen molar-refractivity contribution >= 4 is 45.9 Å². The zero-order valence-electron chi connectivity index (χ0n) is 43.3. The van der Waals surface area contributed by atoms with Crippen LogP contribution in [0.4, 0.5) is 16.2 Å². The van der Waals surface area contributed by atoms with Crippen LogP contribution in [0, 0.1) is 132 Å². The van der Waals surface area contributed by atoms with E-state index in [4.69, 9.17) is 22.1 Å². The molecule has 65 heavy (non-hydrogen) atoms. The number of carbonyl (C=O) groups is 4. The number of hydrogen-bond acceptors (Lipinski definition) is 6. The number of carbonyl (C=O) groups excluding carboxylic acids is 4. The van der Waals surface area contributed by atoms with Gasteiger partial charge in [0.2, 0.25) is 0 Å². The number of benzene rings is 5. The number of anilines is 2. The van der Waals surface area contributed by atoms with Crippen molar-refractivity contribution in [2.24, 2.45) is 0 Å². The Labute approximate surface area is 394 Å². The first-order valence-electron chi connectivity index (χ1n) is 22.3. The van der Waals surface area contributed by atoms with Crippen LogP contribution in [0.5, 0.6) is 0 Å². The Bertz CT molecular complexity index is 2680. The van der Waals surface area contributed by atoms with E-state index in [1.165, 1.54) is 27.8 Å². The van der Waals surface area contributed by atoms with Gasteiger partial charge < -0.3 is 10.5 Å². The largest absolute Gasteiger partial charge is 0.444 e. The normalized spacial score (nSPS) is 11.0. The number of nitrogen functional groups attached to an aromatic ring is 1. The number of rotatable bonds is 6. The lowest BCUT2D eigenvalue weighted by Gasteiger charge is -2.21. The second kappa shape index (κ2) is 20.8. The van der Waals surface area contributed by atoms with Crippen molar-refractivity contribution in [3.8, 4) is 0 Å². The van der Waals surface area contributed by atoms with Gasteiger partial charge in [0.25, 0.3) is 5.24 Å². The summed E-state index contributed by atoms with van der Waals surface area (Å²) < 4.78 is 5.35. The van der Waals surface area contributed by atoms with Gasteiger partial charge in [-0.3, -0.25) is 19.7 Å². The van der Waals surface area contributed by atoms with Crippen molar-refractivity contribution in [3.05, 3.63) is 158 Å². The predicted molar refractivity (Wildman–Crippen MR) is 274 cm³/mol. The summed E-state index contributed by atoms with van der Waals surface area (Å²) >= 11 is 5.57. The Morgan fingerprint density at radius 3 is 1.15 bits per heavy atom. The number of nitrogens with one attached hydrogen (secondary N) is 1. The molecule has 0 aliphatic rings. The van der Waals surface area contributed by atoms with Gasteiger partial charge in [-0.15, -0.1) is 0 Å². The van der Waals surface area contributed by atoms with E-state index in [0.717, 1.165) is 83.5 Å². The maximum atomic E-state index is 13.6. The Hall–Kier alpha value is -5.53. The van der Waals surface area contributed by atoms with Crippen molar-refractivity contribution in [3.63, 3.8) is 0 Å². The number of nitrogens with two attached hydrogens (primary N) is 1. The van der Waals surface area contributed by atoms with Crippen LogP contribution in [-0.4, -0.2) is 28.5 Å². The molecule has 1 amide bonds. The van der Waals surface area contributed by atoms with Crippen LogP contribution >= 0.6 is 11.6 Å². The second-order valence-corrected chi connectivity index (χ2v) is 19.4. The monoisotopic (exact) mass is 901 g/mol. The minimum atomic E-state index is -0.614. The highest BCUT2D eigenvalue weighted by atomic mass is 35.5. The molecular weight excluding hydrogens is 828 g/mol. The molecule has 3 N–H and O–H groups in total. The Morgan fingerprint density at radius 1 is 0.462 bits per heavy atom. The molecule has 5 rings (SSSR count). The van der Waals surface area contributed by atoms with Crippen molar-refractivity contribution in [2.75, 3.05) is 11.1 Å². The van der Waals surface area contributed by atoms with E-state index >= 15 is 0 Å². The number of ketones is 2. The molecule has 0 aromatic heterocycles. The summed E-state index contributed by atoms with van der Waals surface area (Å²) in [5.74, 6) is -0.0501. The first-order valence-corrected chi connectivity index (χ1v) is 22.6. The Kier molecular flexibility index (Phi) is 17.2. The Morgan fingerprint density at radius 2 is 0.800 bits per heavy atom. The fourth-order valence-electron chi connectivity index (χ4n) is 8.40. The topological polar surface area (TPSA) is 116 Å². The number of halogens is 1. The van der Waals surface area contributed by atoms with Crippen LogP contribution in [0.25, 0.3) is 0 Å². The molecule has 0 unspecified atom stereocenters. The molecular formula is C57H73ClN2O5. The maximum absolute atomic E-state index is 13.6. The lowest BCUT2D eigenvalue weighted by Crippen LogP contribution is -2.28. The SMILES string of the molecule is Cc1c(C)c(C)c(C(=O)Cl)c(C)c1C.Cc1cc(C(=O)c2c(C)c(C)c(C)c(C)c2C)c(N)c(C)c1C.Cc1ccc(NC(=O)OC(C)(C)C)c(C(=O)c2c(C)c(C)c(C)c(C)c2C)c1. The van der Waals surface area contributed by atoms with Crippen LogP contribution in [0.2, 0.25) is 0 Å². The lowest BCUT2D eigenvalue weighted by atomic mass is 9.84. The molecule has 0 spiro atoms. The van der Waals surface area contributed by atoms with Gasteiger partial charge in [0, 0.05) is 33.5 Å². The van der Waals surface area contributed by atoms with E-state index in [1.54, 1.807) is 26.8 Å². The van der Waals surface area contributed by atoms with E-state index in [1.807, 2.05) is 115 Å². The van der Waals surface area contributed by atoms with E-state index in [2.05, 4.69) is 39.9 Å². The quantitative estimate of drug-likeness (QED) is 0.0996. The minimum absolute atomic E-state index is 0.0369. The predicted octanol–water partition coefficient (Wildman–Crippen LogP) is 14.7. The summed E-state index contributed by atoms with van der Waals surface area (Å²) in [5.41, 5.74) is 31.0. The average Bonchev–Trinajstić information content (AvgIpc) is 3.22.